The van der Waals surface area contributed by atoms with Gasteiger partial charge < -0.3 is 19.2 Å². The number of ether oxygens (including phenoxy) is 3. The first-order chi connectivity index (χ1) is 14.1. The fourth-order valence-electron chi connectivity index (χ4n) is 5.60. The first kappa shape index (κ1) is 20.2. The minimum absolute atomic E-state index is 0.155. The first-order valence-electron chi connectivity index (χ1n) is 10.6. The number of aromatic amines is 1. The van der Waals surface area contributed by atoms with Crippen LogP contribution in [0.2, 0.25) is 0 Å². The number of carbonyl (C=O) groups is 1. The van der Waals surface area contributed by atoms with Gasteiger partial charge in [0.05, 0.1) is 32.8 Å². The van der Waals surface area contributed by atoms with Crippen LogP contribution >= 0.6 is 0 Å². The molecule has 1 unspecified atom stereocenters. The highest BCUT2D eigenvalue weighted by Crippen LogP contribution is 2.47. The van der Waals surface area contributed by atoms with Crippen LogP contribution in [0.25, 0.3) is 10.9 Å². The molecule has 0 saturated carbocycles. The largest absolute Gasteiger partial charge is 0.496 e. The Morgan fingerprint density at radius 2 is 2.14 bits per heavy atom. The van der Waals surface area contributed by atoms with E-state index in [4.69, 9.17) is 14.2 Å². The second-order valence-electron chi connectivity index (χ2n) is 8.31. The third-order valence-corrected chi connectivity index (χ3v) is 7.03. The number of rotatable bonds is 6. The predicted octanol–water partition coefficient (Wildman–Crippen LogP) is 3.56. The number of esters is 1. The maximum Gasteiger partial charge on any atom is 0.311 e. The number of nitrogens with zero attached hydrogens (tertiary/aromatic N) is 1. The van der Waals surface area contributed by atoms with Crippen molar-refractivity contribution in [3.8, 4) is 5.75 Å². The number of methoxy groups -OCH3 is 3. The summed E-state index contributed by atoms with van der Waals surface area (Å²) in [5.41, 5.74) is 3.79. The molecule has 0 spiro atoms. The van der Waals surface area contributed by atoms with Gasteiger partial charge in [0.25, 0.3) is 0 Å². The summed E-state index contributed by atoms with van der Waals surface area (Å²) in [7, 11) is 4.87. The molecular weight excluding hydrogens is 368 g/mol. The van der Waals surface area contributed by atoms with E-state index in [1.807, 2.05) is 12.1 Å². The molecule has 2 aromatic rings. The van der Waals surface area contributed by atoms with Crippen LogP contribution in [0.1, 0.15) is 37.1 Å². The molecule has 1 N–H and O–H groups in total. The Bertz CT molecular complexity index is 877. The van der Waals surface area contributed by atoms with Crippen molar-refractivity contribution in [2.75, 3.05) is 41.0 Å². The highest BCUT2D eigenvalue weighted by Gasteiger charge is 2.44. The number of hydrogen-bond acceptors (Lipinski definition) is 5. The lowest BCUT2D eigenvalue weighted by Gasteiger charge is -2.47. The van der Waals surface area contributed by atoms with Crippen LogP contribution in [0.5, 0.6) is 5.75 Å². The third kappa shape index (κ3) is 3.42. The van der Waals surface area contributed by atoms with E-state index in [1.54, 1.807) is 14.2 Å². The van der Waals surface area contributed by atoms with E-state index < -0.39 is 0 Å². The Labute approximate surface area is 172 Å². The number of nitrogens with one attached hydrogen (secondary N) is 1. The van der Waals surface area contributed by atoms with E-state index in [9.17, 15) is 4.79 Å². The minimum atomic E-state index is -0.221. The van der Waals surface area contributed by atoms with Crippen molar-refractivity contribution in [2.24, 2.45) is 17.8 Å². The Morgan fingerprint density at radius 1 is 1.31 bits per heavy atom. The number of benzene rings is 1. The molecule has 0 radical (unpaired) electrons. The number of H-pyrrole nitrogens is 1. The Kier molecular flexibility index (Phi) is 5.83. The molecular formula is C23H32N2O4. The minimum Gasteiger partial charge on any atom is -0.496 e. The molecule has 0 aliphatic carbocycles. The third-order valence-electron chi connectivity index (χ3n) is 7.03. The number of hydrogen-bond donors (Lipinski definition) is 1. The van der Waals surface area contributed by atoms with Gasteiger partial charge in [0.2, 0.25) is 0 Å². The van der Waals surface area contributed by atoms with Crippen LogP contribution < -0.4 is 4.74 Å². The normalized spacial score (nSPS) is 25.3. The zero-order chi connectivity index (χ0) is 20.5. The van der Waals surface area contributed by atoms with Gasteiger partial charge in [-0.3, -0.25) is 9.69 Å². The van der Waals surface area contributed by atoms with Gasteiger partial charge in [-0.15, -0.1) is 0 Å². The smallest absolute Gasteiger partial charge is 0.311 e. The van der Waals surface area contributed by atoms with Crippen LogP contribution in [-0.4, -0.2) is 56.9 Å². The first-order valence-corrected chi connectivity index (χ1v) is 10.6. The summed E-state index contributed by atoms with van der Waals surface area (Å²) in [6, 6.07) is 6.47. The van der Waals surface area contributed by atoms with E-state index in [1.165, 1.54) is 23.8 Å². The standard InChI is InChI=1S/C23H32N2O4/c1-5-14-12-25-10-9-15-21-18(7-6-8-20(21)28-3)24-22(15)19(25)11-16(14)17(13-27-2)23(26)29-4/h6-8,14,16-17,19,24H,5,9-13H2,1-4H3/t14-,16+,17?,19+/m1/s1. The van der Waals surface area contributed by atoms with Gasteiger partial charge >= 0.3 is 5.97 Å². The molecule has 4 rings (SSSR count). The molecule has 6 heteroatoms. The van der Waals surface area contributed by atoms with E-state index in [-0.39, 0.29) is 23.8 Å². The summed E-state index contributed by atoms with van der Waals surface area (Å²) in [5.74, 6) is 1.26. The van der Waals surface area contributed by atoms with Crippen LogP contribution in [0.4, 0.5) is 0 Å². The highest BCUT2D eigenvalue weighted by molar-refractivity contribution is 5.91. The van der Waals surface area contributed by atoms with Crippen molar-refractivity contribution < 1.29 is 19.0 Å². The van der Waals surface area contributed by atoms with E-state index in [0.717, 1.165) is 43.6 Å². The molecule has 1 aromatic carbocycles. The summed E-state index contributed by atoms with van der Waals surface area (Å²) >= 11 is 0. The number of piperidine rings is 1. The molecule has 3 heterocycles. The number of carbonyl (C=O) groups excluding carboxylic acids is 1. The maximum atomic E-state index is 12.6. The number of aromatic nitrogens is 1. The molecule has 158 valence electrons. The highest BCUT2D eigenvalue weighted by atomic mass is 16.5. The lowest BCUT2D eigenvalue weighted by molar-refractivity contribution is -0.152. The van der Waals surface area contributed by atoms with Crippen molar-refractivity contribution in [2.45, 2.75) is 32.2 Å². The summed E-state index contributed by atoms with van der Waals surface area (Å²) in [5, 5.41) is 1.21. The van der Waals surface area contributed by atoms with Gasteiger partial charge in [-0.25, -0.2) is 0 Å². The van der Waals surface area contributed by atoms with Crippen LogP contribution in [0, 0.1) is 17.8 Å². The van der Waals surface area contributed by atoms with Crippen molar-refractivity contribution in [1.29, 1.82) is 0 Å². The monoisotopic (exact) mass is 400 g/mol. The zero-order valence-corrected chi connectivity index (χ0v) is 17.9. The fourth-order valence-corrected chi connectivity index (χ4v) is 5.60. The summed E-state index contributed by atoms with van der Waals surface area (Å²) < 4.78 is 16.2. The lowest BCUT2D eigenvalue weighted by atomic mass is 9.71. The Morgan fingerprint density at radius 3 is 2.83 bits per heavy atom. The van der Waals surface area contributed by atoms with E-state index >= 15 is 0 Å². The average Bonchev–Trinajstić information content (AvgIpc) is 3.15. The van der Waals surface area contributed by atoms with Crippen molar-refractivity contribution in [1.82, 2.24) is 9.88 Å². The summed E-state index contributed by atoms with van der Waals surface area (Å²) in [4.78, 5) is 18.8. The zero-order valence-electron chi connectivity index (χ0n) is 17.9. The van der Waals surface area contributed by atoms with Gasteiger partial charge in [-0.2, -0.15) is 0 Å². The van der Waals surface area contributed by atoms with Gasteiger partial charge in [0.15, 0.2) is 0 Å². The molecule has 4 atom stereocenters. The van der Waals surface area contributed by atoms with E-state index in [0.29, 0.717) is 12.5 Å². The van der Waals surface area contributed by atoms with Gasteiger partial charge in [0, 0.05) is 36.8 Å². The topological polar surface area (TPSA) is 63.8 Å². The maximum absolute atomic E-state index is 12.6. The fraction of sp³-hybridized carbons (Fsp3) is 0.609. The summed E-state index contributed by atoms with van der Waals surface area (Å²) in [6.45, 7) is 4.68. The van der Waals surface area contributed by atoms with Crippen molar-refractivity contribution >= 4 is 16.9 Å². The predicted molar refractivity (Wildman–Crippen MR) is 112 cm³/mol. The van der Waals surface area contributed by atoms with E-state index in [2.05, 4.69) is 22.9 Å². The number of fused-ring (bicyclic) bond motifs is 5. The van der Waals surface area contributed by atoms with Crippen LogP contribution in [0.15, 0.2) is 18.2 Å². The quantitative estimate of drug-likeness (QED) is 0.751. The molecule has 0 amide bonds. The van der Waals surface area contributed by atoms with Gasteiger partial charge in [-0.05, 0) is 42.4 Å². The second kappa shape index (κ2) is 8.36. The molecule has 1 aromatic heterocycles. The Hall–Kier alpha value is -2.05. The SMILES string of the molecule is CC[C@@H]1CN2CCc3c([nH]c4cccc(OC)c34)[C@@H]2C[C@@H]1C(COC)C(=O)OC. The second-order valence-corrected chi connectivity index (χ2v) is 8.31. The van der Waals surface area contributed by atoms with Crippen molar-refractivity contribution in [3.63, 3.8) is 0 Å². The average molecular weight is 401 g/mol. The lowest BCUT2D eigenvalue weighted by Crippen LogP contribution is -2.49. The summed E-state index contributed by atoms with van der Waals surface area (Å²) in [6.07, 6.45) is 3.01. The Balaban J connectivity index is 1.72. The van der Waals surface area contributed by atoms with Gasteiger partial charge in [-0.1, -0.05) is 19.4 Å². The molecule has 2 aliphatic heterocycles. The molecule has 29 heavy (non-hydrogen) atoms. The van der Waals surface area contributed by atoms with Crippen molar-refractivity contribution in [3.05, 3.63) is 29.5 Å². The van der Waals surface area contributed by atoms with Crippen LogP contribution in [0.3, 0.4) is 0 Å². The molecule has 1 fully saturated rings. The molecule has 6 nitrogen and oxygen atoms in total. The molecule has 0 bridgehead atoms. The van der Waals surface area contributed by atoms with Crippen LogP contribution in [-0.2, 0) is 20.7 Å². The molecule has 1 saturated heterocycles. The molecule has 2 aliphatic rings. The van der Waals surface area contributed by atoms with Gasteiger partial charge in [0.1, 0.15) is 5.75 Å².